The fourth-order valence-corrected chi connectivity index (χ4v) is 4.89. The van der Waals surface area contributed by atoms with E-state index in [-0.39, 0.29) is 29.8 Å². The maximum Gasteiger partial charge on any atom is 0.269 e. The van der Waals surface area contributed by atoms with Crippen LogP contribution in [0.5, 0.6) is 0 Å². The van der Waals surface area contributed by atoms with E-state index in [1.807, 2.05) is 49.4 Å². The van der Waals surface area contributed by atoms with Gasteiger partial charge in [-0.05, 0) is 35.2 Å². The van der Waals surface area contributed by atoms with Crippen molar-refractivity contribution in [1.82, 2.24) is 10.2 Å². The predicted molar refractivity (Wildman–Crippen MR) is 148 cm³/mol. The van der Waals surface area contributed by atoms with Crippen LogP contribution in [0, 0.1) is 10.1 Å². The van der Waals surface area contributed by atoms with Gasteiger partial charge in [0.2, 0.25) is 11.8 Å². The van der Waals surface area contributed by atoms with Crippen LogP contribution in [0.4, 0.5) is 5.69 Å². The predicted octanol–water partition coefficient (Wildman–Crippen LogP) is 5.65. The Labute approximate surface area is 226 Å². The number of halogens is 1. The van der Waals surface area contributed by atoms with Gasteiger partial charge in [0.1, 0.15) is 6.04 Å². The summed E-state index contributed by atoms with van der Waals surface area (Å²) in [5.41, 5.74) is 2.70. The summed E-state index contributed by atoms with van der Waals surface area (Å²) in [5.74, 6) is 0.310. The summed E-state index contributed by atoms with van der Waals surface area (Å²) in [7, 11) is 0. The first-order valence-corrected chi connectivity index (χ1v) is 13.6. The Morgan fingerprint density at radius 2 is 1.70 bits per heavy atom. The lowest BCUT2D eigenvalue weighted by Gasteiger charge is -2.31. The van der Waals surface area contributed by atoms with Crippen molar-refractivity contribution in [2.75, 3.05) is 12.3 Å². The summed E-state index contributed by atoms with van der Waals surface area (Å²) in [6.07, 6.45) is 1.17. The van der Waals surface area contributed by atoms with Gasteiger partial charge in [-0.3, -0.25) is 19.7 Å². The zero-order chi connectivity index (χ0) is 26.6. The molecule has 0 aliphatic rings. The Morgan fingerprint density at radius 1 is 1.00 bits per heavy atom. The molecule has 2 amide bonds. The van der Waals surface area contributed by atoms with Gasteiger partial charge in [0.05, 0.1) is 10.7 Å². The molecule has 0 aliphatic heterocycles. The van der Waals surface area contributed by atoms with Crippen LogP contribution in [-0.2, 0) is 28.3 Å². The van der Waals surface area contributed by atoms with Crippen LogP contribution < -0.4 is 5.32 Å². The molecule has 0 spiro atoms. The van der Waals surface area contributed by atoms with Crippen LogP contribution in [0.15, 0.2) is 78.9 Å². The van der Waals surface area contributed by atoms with Crippen LogP contribution in [-0.4, -0.2) is 40.0 Å². The van der Waals surface area contributed by atoms with Crippen LogP contribution in [0.25, 0.3) is 0 Å². The van der Waals surface area contributed by atoms with Crippen LogP contribution in [0.1, 0.15) is 30.0 Å². The first-order valence-electron chi connectivity index (χ1n) is 12.0. The molecule has 0 saturated heterocycles. The van der Waals surface area contributed by atoms with Gasteiger partial charge < -0.3 is 10.2 Å². The zero-order valence-electron chi connectivity index (χ0n) is 20.6. The molecular formula is C28H30ClN3O4S. The highest BCUT2D eigenvalue weighted by molar-refractivity contribution is 7.99. The number of non-ortho nitro benzene ring substituents is 1. The number of nitro benzene ring substituents is 1. The van der Waals surface area contributed by atoms with Crippen molar-refractivity contribution in [3.05, 3.63) is 111 Å². The normalized spacial score (nSPS) is 11.5. The molecule has 9 heteroatoms. The van der Waals surface area contributed by atoms with Gasteiger partial charge >= 0.3 is 0 Å². The van der Waals surface area contributed by atoms with Gasteiger partial charge in [-0.1, -0.05) is 73.1 Å². The fraction of sp³-hybridized carbons (Fsp3) is 0.286. The molecule has 37 heavy (non-hydrogen) atoms. The third-order valence-electron chi connectivity index (χ3n) is 5.70. The highest BCUT2D eigenvalue weighted by Gasteiger charge is 2.30. The summed E-state index contributed by atoms with van der Waals surface area (Å²) in [6.45, 7) is 2.75. The van der Waals surface area contributed by atoms with Crippen LogP contribution in [0.2, 0.25) is 5.02 Å². The number of rotatable bonds is 13. The Kier molecular flexibility index (Phi) is 11.0. The number of benzene rings is 3. The van der Waals surface area contributed by atoms with Gasteiger partial charge in [0.15, 0.2) is 0 Å². The highest BCUT2D eigenvalue weighted by atomic mass is 35.5. The molecule has 3 rings (SSSR count). The molecule has 3 aromatic carbocycles. The number of hydrogen-bond acceptors (Lipinski definition) is 5. The second-order valence-corrected chi connectivity index (χ2v) is 9.99. The second-order valence-electron chi connectivity index (χ2n) is 8.56. The van der Waals surface area contributed by atoms with Crippen molar-refractivity contribution in [1.29, 1.82) is 0 Å². The topological polar surface area (TPSA) is 92.6 Å². The molecule has 1 unspecified atom stereocenters. The van der Waals surface area contributed by atoms with E-state index in [9.17, 15) is 19.7 Å². The largest absolute Gasteiger partial charge is 0.354 e. The summed E-state index contributed by atoms with van der Waals surface area (Å²) < 4.78 is 0. The number of amides is 2. The molecule has 0 aliphatic carbocycles. The molecule has 1 N–H and O–H groups in total. The third-order valence-corrected chi connectivity index (χ3v) is 6.93. The fourth-order valence-electron chi connectivity index (χ4n) is 3.80. The second kappa shape index (κ2) is 14.4. The van der Waals surface area contributed by atoms with Gasteiger partial charge in [-0.25, -0.2) is 0 Å². The average molecular weight is 540 g/mol. The summed E-state index contributed by atoms with van der Waals surface area (Å²) in [6, 6.07) is 22.5. The number of nitro groups is 1. The molecule has 0 radical (unpaired) electrons. The number of carbonyl (C=O) groups is 2. The number of nitrogens with zero attached hydrogens (tertiary/aromatic N) is 2. The molecule has 0 saturated carbocycles. The van der Waals surface area contributed by atoms with E-state index < -0.39 is 11.0 Å². The van der Waals surface area contributed by atoms with E-state index in [4.69, 9.17) is 11.6 Å². The van der Waals surface area contributed by atoms with E-state index in [1.165, 1.54) is 23.9 Å². The molecule has 0 heterocycles. The highest BCUT2D eigenvalue weighted by Crippen LogP contribution is 2.21. The molecule has 3 aromatic rings. The number of nitrogens with one attached hydrogen (secondary N) is 1. The first kappa shape index (κ1) is 28.2. The quantitative estimate of drug-likeness (QED) is 0.224. The Morgan fingerprint density at radius 3 is 2.35 bits per heavy atom. The summed E-state index contributed by atoms with van der Waals surface area (Å²) in [4.78, 5) is 39.0. The molecule has 7 nitrogen and oxygen atoms in total. The minimum atomic E-state index is -0.694. The maximum atomic E-state index is 13.6. The maximum absolute atomic E-state index is 13.6. The molecular weight excluding hydrogens is 510 g/mol. The Bertz CT molecular complexity index is 1190. The lowest BCUT2D eigenvalue weighted by molar-refractivity contribution is -0.384. The van der Waals surface area contributed by atoms with E-state index in [0.29, 0.717) is 23.7 Å². The van der Waals surface area contributed by atoms with Gasteiger partial charge in [-0.2, -0.15) is 0 Å². The van der Waals surface area contributed by atoms with Crippen LogP contribution >= 0.6 is 23.4 Å². The van der Waals surface area contributed by atoms with Crippen molar-refractivity contribution < 1.29 is 14.5 Å². The Hall–Kier alpha value is -3.36. The smallest absolute Gasteiger partial charge is 0.269 e. The van der Waals surface area contributed by atoms with Crippen molar-refractivity contribution in [3.63, 3.8) is 0 Å². The number of hydrogen-bond donors (Lipinski definition) is 1. The van der Waals surface area contributed by atoms with Gasteiger partial charge in [0, 0.05) is 42.4 Å². The third kappa shape index (κ3) is 8.91. The lowest BCUT2D eigenvalue weighted by Crippen LogP contribution is -2.51. The first-order chi connectivity index (χ1) is 17.9. The van der Waals surface area contributed by atoms with Crippen molar-refractivity contribution in [2.24, 2.45) is 0 Å². The standard InChI is InChI=1S/C28H30ClN3O4S/c1-2-15-30-28(34)26(17-21-7-4-3-5-8-21)31(18-23-9-6-10-24(29)16-23)27(33)20-37-19-22-11-13-25(14-12-22)32(35)36/h3-14,16,26H,2,15,17-20H2,1H3,(H,30,34). The van der Waals surface area contributed by atoms with E-state index >= 15 is 0 Å². The Balaban J connectivity index is 1.80. The van der Waals surface area contributed by atoms with E-state index in [0.717, 1.165) is 23.1 Å². The number of carbonyl (C=O) groups excluding carboxylic acids is 2. The van der Waals surface area contributed by atoms with Crippen molar-refractivity contribution in [3.8, 4) is 0 Å². The minimum absolute atomic E-state index is 0.0272. The zero-order valence-corrected chi connectivity index (χ0v) is 22.2. The number of thioether (sulfide) groups is 1. The molecule has 0 bridgehead atoms. The lowest BCUT2D eigenvalue weighted by atomic mass is 10.0. The van der Waals surface area contributed by atoms with Crippen molar-refractivity contribution in [2.45, 2.75) is 38.1 Å². The van der Waals surface area contributed by atoms with E-state index in [2.05, 4.69) is 5.32 Å². The molecule has 194 valence electrons. The van der Waals surface area contributed by atoms with Gasteiger partial charge in [0.25, 0.3) is 5.69 Å². The van der Waals surface area contributed by atoms with Crippen molar-refractivity contribution >= 4 is 40.9 Å². The van der Waals surface area contributed by atoms with E-state index in [1.54, 1.807) is 29.2 Å². The van der Waals surface area contributed by atoms with Gasteiger partial charge in [-0.15, -0.1) is 11.8 Å². The average Bonchev–Trinajstić information content (AvgIpc) is 2.90. The summed E-state index contributed by atoms with van der Waals surface area (Å²) in [5, 5.41) is 14.4. The SMILES string of the molecule is CCCNC(=O)C(Cc1ccccc1)N(Cc1cccc(Cl)c1)C(=O)CSCc1ccc([N+](=O)[O-])cc1. The molecule has 0 aromatic heterocycles. The van der Waals surface area contributed by atoms with Crippen LogP contribution in [0.3, 0.4) is 0 Å². The minimum Gasteiger partial charge on any atom is -0.354 e. The molecule has 1 atom stereocenters. The monoisotopic (exact) mass is 539 g/mol. The summed E-state index contributed by atoms with van der Waals surface area (Å²) >= 11 is 7.61. The molecule has 0 fully saturated rings.